The van der Waals surface area contributed by atoms with Crippen LogP contribution in [-0.2, 0) is 17.1 Å². The summed E-state index contributed by atoms with van der Waals surface area (Å²) in [6.07, 6.45) is 3.15. The van der Waals surface area contributed by atoms with Gasteiger partial charge in [-0.25, -0.2) is 26.8 Å². The van der Waals surface area contributed by atoms with Crippen molar-refractivity contribution in [2.75, 3.05) is 13.1 Å². The highest BCUT2D eigenvalue weighted by Gasteiger charge is 2.42. The van der Waals surface area contributed by atoms with Crippen molar-refractivity contribution in [3.8, 4) is 5.69 Å². The maximum absolute atomic E-state index is 12.6. The highest BCUT2D eigenvalue weighted by Crippen LogP contribution is 2.35. The minimum atomic E-state index is -3.20. The number of para-hydroxylation sites is 1. The van der Waals surface area contributed by atoms with Gasteiger partial charge in [-0.2, -0.15) is 5.10 Å². The molecule has 2 fully saturated rings. The van der Waals surface area contributed by atoms with Gasteiger partial charge in [0, 0.05) is 26.1 Å². The van der Waals surface area contributed by atoms with Crippen LogP contribution < -0.4 is 5.69 Å². The molecule has 1 aliphatic heterocycles. The average molecular weight is 362 g/mol. The topological polar surface area (TPSA) is 77.2 Å². The first kappa shape index (κ1) is 16.5. The van der Waals surface area contributed by atoms with E-state index in [0.29, 0.717) is 18.9 Å². The monoisotopic (exact) mass is 362 g/mol. The van der Waals surface area contributed by atoms with Gasteiger partial charge in [0.05, 0.1) is 10.9 Å². The lowest BCUT2D eigenvalue weighted by Crippen LogP contribution is -2.41. The fourth-order valence-corrected chi connectivity index (χ4v) is 5.45. The molecule has 8 heteroatoms. The van der Waals surface area contributed by atoms with E-state index in [4.69, 9.17) is 0 Å². The molecule has 7 nitrogen and oxygen atoms in total. The zero-order chi connectivity index (χ0) is 17.6. The van der Waals surface area contributed by atoms with Crippen LogP contribution in [0.3, 0.4) is 0 Å². The molecule has 1 aromatic heterocycles. The second-order valence-corrected chi connectivity index (χ2v) is 9.09. The van der Waals surface area contributed by atoms with Gasteiger partial charge in [0.1, 0.15) is 5.82 Å². The van der Waals surface area contributed by atoms with Crippen LogP contribution in [0, 0.1) is 0 Å². The molecule has 1 unspecified atom stereocenters. The Morgan fingerprint density at radius 3 is 2.52 bits per heavy atom. The standard InChI is InChI=1S/C17H22N4O3S/c1-19-17(22)21(14-7-3-2-4-8-14)16(18-19)13-6-5-11-20(12-13)25(23,24)15-9-10-15/h2-4,7-8,13,15H,5-6,9-12H2,1H3. The Morgan fingerprint density at radius 2 is 1.84 bits per heavy atom. The summed E-state index contributed by atoms with van der Waals surface area (Å²) in [6.45, 7) is 0.972. The van der Waals surface area contributed by atoms with Crippen molar-refractivity contribution >= 4 is 10.0 Å². The van der Waals surface area contributed by atoms with Gasteiger partial charge in [0.15, 0.2) is 0 Å². The molecule has 4 rings (SSSR count). The summed E-state index contributed by atoms with van der Waals surface area (Å²) in [4.78, 5) is 12.6. The lowest BCUT2D eigenvalue weighted by atomic mass is 9.98. The molecule has 1 saturated heterocycles. The van der Waals surface area contributed by atoms with Crippen LogP contribution in [-0.4, -0.2) is 45.4 Å². The average Bonchev–Trinajstić information content (AvgIpc) is 3.44. The van der Waals surface area contributed by atoms with Gasteiger partial charge < -0.3 is 0 Å². The smallest absolute Gasteiger partial charge is 0.247 e. The van der Waals surface area contributed by atoms with Gasteiger partial charge >= 0.3 is 5.69 Å². The van der Waals surface area contributed by atoms with Gasteiger partial charge in [0.2, 0.25) is 10.0 Å². The second-order valence-electron chi connectivity index (χ2n) is 6.88. The normalized spacial score (nSPS) is 22.2. The number of piperidine rings is 1. The zero-order valence-corrected chi connectivity index (χ0v) is 15.0. The summed E-state index contributed by atoms with van der Waals surface area (Å²) >= 11 is 0. The minimum absolute atomic E-state index is 0.0728. The molecule has 0 radical (unpaired) electrons. The van der Waals surface area contributed by atoms with E-state index in [2.05, 4.69) is 5.10 Å². The molecule has 2 aromatic rings. The number of benzene rings is 1. The maximum atomic E-state index is 12.6. The highest BCUT2D eigenvalue weighted by molar-refractivity contribution is 7.90. The van der Waals surface area contributed by atoms with Gasteiger partial charge in [0.25, 0.3) is 0 Å². The Labute approximate surface area is 146 Å². The zero-order valence-electron chi connectivity index (χ0n) is 14.2. The number of aryl methyl sites for hydroxylation is 1. The van der Waals surface area contributed by atoms with E-state index in [-0.39, 0.29) is 16.9 Å². The summed E-state index contributed by atoms with van der Waals surface area (Å²) in [7, 11) is -1.57. The fourth-order valence-electron chi connectivity index (χ4n) is 3.53. The first-order chi connectivity index (χ1) is 12.0. The Hall–Kier alpha value is -1.93. The number of rotatable bonds is 4. The molecule has 1 saturated carbocycles. The van der Waals surface area contributed by atoms with Crippen molar-refractivity contribution in [2.24, 2.45) is 7.05 Å². The molecular weight excluding hydrogens is 340 g/mol. The van der Waals surface area contributed by atoms with Crippen LogP contribution in [0.4, 0.5) is 0 Å². The molecule has 1 atom stereocenters. The largest absolute Gasteiger partial charge is 0.350 e. The molecule has 0 N–H and O–H groups in total. The summed E-state index contributed by atoms with van der Waals surface area (Å²) in [5, 5.41) is 4.23. The molecule has 2 aliphatic rings. The van der Waals surface area contributed by atoms with E-state index in [0.717, 1.165) is 31.4 Å². The number of nitrogens with zero attached hydrogens (tertiary/aromatic N) is 4. The molecular formula is C17H22N4O3S. The van der Waals surface area contributed by atoms with Gasteiger partial charge in [-0.3, -0.25) is 0 Å². The minimum Gasteiger partial charge on any atom is -0.247 e. The van der Waals surface area contributed by atoms with Crippen LogP contribution in [0.2, 0.25) is 0 Å². The predicted octanol–water partition coefficient (Wildman–Crippen LogP) is 1.24. The Bertz CT molecular complexity index is 929. The van der Waals surface area contributed by atoms with Crippen LogP contribution in [0.25, 0.3) is 5.69 Å². The van der Waals surface area contributed by atoms with E-state index in [1.165, 1.54) is 4.68 Å². The number of aromatic nitrogens is 3. The van der Waals surface area contributed by atoms with Crippen molar-refractivity contribution in [2.45, 2.75) is 36.9 Å². The van der Waals surface area contributed by atoms with Gasteiger partial charge in [-0.05, 0) is 37.8 Å². The highest BCUT2D eigenvalue weighted by atomic mass is 32.2. The van der Waals surface area contributed by atoms with Gasteiger partial charge in [-0.15, -0.1) is 0 Å². The van der Waals surface area contributed by atoms with Crippen molar-refractivity contribution in [3.05, 3.63) is 46.6 Å². The third-order valence-electron chi connectivity index (χ3n) is 5.02. The lowest BCUT2D eigenvalue weighted by Gasteiger charge is -2.31. The SMILES string of the molecule is Cn1nc(C2CCCN(S(=O)(=O)C3CC3)C2)n(-c2ccccc2)c1=O. The third kappa shape index (κ3) is 2.93. The van der Waals surface area contributed by atoms with E-state index >= 15 is 0 Å². The first-order valence-corrected chi connectivity index (χ1v) is 10.2. The Balaban J connectivity index is 1.70. The van der Waals surface area contributed by atoms with Crippen molar-refractivity contribution in [1.29, 1.82) is 0 Å². The second kappa shape index (κ2) is 6.10. The Kier molecular flexibility index (Phi) is 4.04. The molecule has 25 heavy (non-hydrogen) atoms. The molecule has 0 amide bonds. The quantitative estimate of drug-likeness (QED) is 0.820. The fraction of sp³-hybridized carbons (Fsp3) is 0.529. The van der Waals surface area contributed by atoms with Crippen molar-refractivity contribution in [3.63, 3.8) is 0 Å². The molecule has 0 spiro atoms. The Morgan fingerprint density at radius 1 is 1.12 bits per heavy atom. The van der Waals surface area contributed by atoms with E-state index in [1.807, 2.05) is 30.3 Å². The number of sulfonamides is 1. The van der Waals surface area contributed by atoms with E-state index in [1.54, 1.807) is 15.9 Å². The van der Waals surface area contributed by atoms with Crippen LogP contribution in [0.15, 0.2) is 35.1 Å². The number of hydrogen-bond donors (Lipinski definition) is 0. The molecule has 1 aliphatic carbocycles. The molecule has 1 aromatic carbocycles. The van der Waals surface area contributed by atoms with Crippen molar-refractivity contribution in [1.82, 2.24) is 18.7 Å². The van der Waals surface area contributed by atoms with Crippen molar-refractivity contribution < 1.29 is 8.42 Å². The maximum Gasteiger partial charge on any atom is 0.350 e. The summed E-state index contributed by atoms with van der Waals surface area (Å²) in [6, 6.07) is 9.39. The third-order valence-corrected chi connectivity index (χ3v) is 7.38. The summed E-state index contributed by atoms with van der Waals surface area (Å²) in [5.41, 5.74) is 0.557. The molecule has 0 bridgehead atoms. The van der Waals surface area contributed by atoms with E-state index < -0.39 is 10.0 Å². The van der Waals surface area contributed by atoms with Gasteiger partial charge in [-0.1, -0.05) is 18.2 Å². The van der Waals surface area contributed by atoms with Crippen LogP contribution in [0.1, 0.15) is 37.4 Å². The summed E-state index contributed by atoms with van der Waals surface area (Å²) in [5.74, 6) is 0.575. The predicted molar refractivity (Wildman–Crippen MR) is 94.3 cm³/mol. The molecule has 2 heterocycles. The molecule has 134 valence electrons. The number of hydrogen-bond acceptors (Lipinski definition) is 4. The van der Waals surface area contributed by atoms with Crippen LogP contribution in [0.5, 0.6) is 0 Å². The summed E-state index contributed by atoms with van der Waals surface area (Å²) < 4.78 is 29.7. The van der Waals surface area contributed by atoms with E-state index in [9.17, 15) is 13.2 Å². The lowest BCUT2D eigenvalue weighted by molar-refractivity contribution is 0.306. The first-order valence-electron chi connectivity index (χ1n) is 8.69. The van der Waals surface area contributed by atoms with Crippen LogP contribution >= 0.6 is 0 Å².